The normalized spacial score (nSPS) is 11.7. The van der Waals surface area contributed by atoms with E-state index in [1.807, 2.05) is 84.9 Å². The Hall–Kier alpha value is -2.87. The van der Waals surface area contributed by atoms with E-state index in [0.29, 0.717) is 17.4 Å². The highest BCUT2D eigenvalue weighted by Crippen LogP contribution is 2.30. The topological polar surface area (TPSA) is 17.1 Å². The fourth-order valence-corrected chi connectivity index (χ4v) is 3.03. The van der Waals surface area contributed by atoms with Gasteiger partial charge in [0.2, 0.25) is 0 Å². The Balaban J connectivity index is 1.94. The highest BCUT2D eigenvalue weighted by atomic mass is 16.1. The fraction of sp³-hybridized carbons (Fsp3) is 0.0870. The Bertz CT molecular complexity index is 869. The summed E-state index contributed by atoms with van der Waals surface area (Å²) in [6.45, 7) is 4.19. The quantitative estimate of drug-likeness (QED) is 0.481. The Morgan fingerprint density at radius 1 is 0.840 bits per heavy atom. The number of rotatable bonds is 6. The van der Waals surface area contributed by atoms with E-state index in [-0.39, 0.29) is 11.7 Å². The van der Waals surface area contributed by atoms with E-state index in [2.05, 4.69) is 6.58 Å². The highest BCUT2D eigenvalue weighted by Gasteiger charge is 2.23. The SMILES string of the molecule is [B]c1ccccc1C(=C)CC(C(=O)c1ccccc1)c1ccccc1. The lowest BCUT2D eigenvalue weighted by atomic mass is 9.81. The van der Waals surface area contributed by atoms with Gasteiger partial charge in [0.05, 0.1) is 5.92 Å². The molecule has 25 heavy (non-hydrogen) atoms. The second-order valence-corrected chi connectivity index (χ2v) is 6.09. The molecule has 3 aromatic carbocycles. The molecule has 1 unspecified atom stereocenters. The van der Waals surface area contributed by atoms with E-state index >= 15 is 0 Å². The van der Waals surface area contributed by atoms with Crippen LogP contribution >= 0.6 is 0 Å². The summed E-state index contributed by atoms with van der Waals surface area (Å²) >= 11 is 0. The van der Waals surface area contributed by atoms with Gasteiger partial charge in [-0.05, 0) is 23.1 Å². The van der Waals surface area contributed by atoms with Crippen molar-refractivity contribution in [1.82, 2.24) is 0 Å². The summed E-state index contributed by atoms with van der Waals surface area (Å²) in [5.41, 5.74) is 4.17. The van der Waals surface area contributed by atoms with E-state index < -0.39 is 0 Å². The van der Waals surface area contributed by atoms with Gasteiger partial charge < -0.3 is 0 Å². The lowest BCUT2D eigenvalue weighted by Crippen LogP contribution is -2.16. The molecule has 0 spiro atoms. The Labute approximate surface area is 150 Å². The van der Waals surface area contributed by atoms with Crippen LogP contribution in [0, 0.1) is 0 Å². The van der Waals surface area contributed by atoms with E-state index in [4.69, 9.17) is 7.85 Å². The zero-order chi connectivity index (χ0) is 17.6. The van der Waals surface area contributed by atoms with Gasteiger partial charge in [0.1, 0.15) is 7.85 Å². The number of hydrogen-bond acceptors (Lipinski definition) is 1. The van der Waals surface area contributed by atoms with Crippen LogP contribution in [0.1, 0.15) is 33.8 Å². The van der Waals surface area contributed by atoms with E-state index in [1.165, 1.54) is 0 Å². The van der Waals surface area contributed by atoms with E-state index in [9.17, 15) is 4.79 Å². The van der Waals surface area contributed by atoms with Crippen LogP contribution in [0.15, 0.2) is 91.5 Å². The Morgan fingerprint density at radius 3 is 2.04 bits per heavy atom. The van der Waals surface area contributed by atoms with Gasteiger partial charge in [0, 0.05) is 5.56 Å². The molecule has 0 saturated carbocycles. The molecule has 120 valence electrons. The minimum absolute atomic E-state index is 0.0995. The standard InChI is InChI=1S/C23H19BO/c1-17(20-14-8-9-15-22(20)24)16-21(18-10-4-2-5-11-18)23(25)19-12-6-3-7-13-19/h2-15,21H,1,16H2. The summed E-state index contributed by atoms with van der Waals surface area (Å²) in [5.74, 6) is -0.182. The Morgan fingerprint density at radius 2 is 1.40 bits per heavy atom. The molecule has 3 aromatic rings. The number of carbonyl (C=O) groups is 1. The van der Waals surface area contributed by atoms with Gasteiger partial charge in [-0.25, -0.2) is 0 Å². The maximum Gasteiger partial charge on any atom is 0.170 e. The number of Topliss-reactive ketones (excluding diaryl/α,β-unsaturated/α-hetero) is 1. The zero-order valence-electron chi connectivity index (χ0n) is 14.1. The van der Waals surface area contributed by atoms with E-state index in [0.717, 1.165) is 16.7 Å². The van der Waals surface area contributed by atoms with Crippen molar-refractivity contribution in [1.29, 1.82) is 0 Å². The average molecular weight is 322 g/mol. The first-order valence-corrected chi connectivity index (χ1v) is 8.33. The smallest absolute Gasteiger partial charge is 0.170 e. The molecule has 2 heteroatoms. The third-order valence-electron chi connectivity index (χ3n) is 4.37. The van der Waals surface area contributed by atoms with Crippen LogP contribution < -0.4 is 5.46 Å². The molecule has 0 saturated heterocycles. The number of carbonyl (C=O) groups excluding carboxylic acids is 1. The molecule has 0 N–H and O–H groups in total. The van der Waals surface area contributed by atoms with Gasteiger partial charge in [-0.1, -0.05) is 97.0 Å². The predicted molar refractivity (Wildman–Crippen MR) is 105 cm³/mol. The first-order chi connectivity index (χ1) is 12.2. The molecule has 0 aliphatic heterocycles. The maximum absolute atomic E-state index is 13.1. The van der Waals surface area contributed by atoms with Crippen molar-refractivity contribution >= 4 is 24.7 Å². The second kappa shape index (κ2) is 7.80. The molecule has 1 atom stereocenters. The lowest BCUT2D eigenvalue weighted by Gasteiger charge is -2.19. The summed E-state index contributed by atoms with van der Waals surface area (Å²) in [5, 5.41) is 0. The number of hydrogen-bond donors (Lipinski definition) is 0. The van der Waals surface area contributed by atoms with Crippen molar-refractivity contribution in [3.63, 3.8) is 0 Å². The average Bonchev–Trinajstić information content (AvgIpc) is 2.67. The van der Waals surface area contributed by atoms with Crippen molar-refractivity contribution in [3.05, 3.63) is 108 Å². The minimum atomic E-state index is -0.282. The summed E-state index contributed by atoms with van der Waals surface area (Å²) in [6.07, 6.45) is 0.534. The molecule has 0 amide bonds. The van der Waals surface area contributed by atoms with Gasteiger partial charge >= 0.3 is 0 Å². The largest absolute Gasteiger partial charge is 0.293 e. The molecule has 0 aliphatic carbocycles. The second-order valence-electron chi connectivity index (χ2n) is 6.09. The molecule has 0 bridgehead atoms. The summed E-state index contributed by atoms with van der Waals surface area (Å²) in [4.78, 5) is 13.1. The molecular formula is C23H19BO. The molecule has 2 radical (unpaired) electrons. The molecule has 3 rings (SSSR count). The van der Waals surface area contributed by atoms with Crippen LogP contribution in [0.5, 0.6) is 0 Å². The summed E-state index contributed by atoms with van der Waals surface area (Å²) in [7, 11) is 6.08. The Kier molecular flexibility index (Phi) is 5.30. The van der Waals surface area contributed by atoms with Crippen LogP contribution in [0.25, 0.3) is 5.57 Å². The van der Waals surface area contributed by atoms with Crippen LogP contribution in [0.3, 0.4) is 0 Å². The third kappa shape index (κ3) is 3.97. The summed E-state index contributed by atoms with van der Waals surface area (Å²) < 4.78 is 0. The van der Waals surface area contributed by atoms with Crippen LogP contribution in [0.2, 0.25) is 0 Å². The van der Waals surface area contributed by atoms with Crippen molar-refractivity contribution in [2.45, 2.75) is 12.3 Å². The summed E-state index contributed by atoms with van der Waals surface area (Å²) in [6, 6.07) is 26.9. The molecular weight excluding hydrogens is 303 g/mol. The number of allylic oxidation sites excluding steroid dienone is 1. The van der Waals surface area contributed by atoms with Crippen molar-refractivity contribution in [2.24, 2.45) is 0 Å². The number of benzene rings is 3. The van der Waals surface area contributed by atoms with Gasteiger partial charge in [-0.3, -0.25) is 4.79 Å². The van der Waals surface area contributed by atoms with Crippen LogP contribution in [-0.2, 0) is 0 Å². The van der Waals surface area contributed by atoms with Crippen LogP contribution in [0.4, 0.5) is 0 Å². The lowest BCUT2D eigenvalue weighted by molar-refractivity contribution is 0.0961. The van der Waals surface area contributed by atoms with Crippen LogP contribution in [-0.4, -0.2) is 13.6 Å². The van der Waals surface area contributed by atoms with Crippen molar-refractivity contribution < 1.29 is 4.79 Å². The highest BCUT2D eigenvalue weighted by molar-refractivity contribution is 6.34. The fourth-order valence-electron chi connectivity index (χ4n) is 3.03. The zero-order valence-corrected chi connectivity index (χ0v) is 14.1. The van der Waals surface area contributed by atoms with Gasteiger partial charge in [0.25, 0.3) is 0 Å². The van der Waals surface area contributed by atoms with Gasteiger partial charge in [-0.15, -0.1) is 0 Å². The van der Waals surface area contributed by atoms with E-state index in [1.54, 1.807) is 0 Å². The van der Waals surface area contributed by atoms with Crippen molar-refractivity contribution in [2.75, 3.05) is 0 Å². The monoisotopic (exact) mass is 322 g/mol. The third-order valence-corrected chi connectivity index (χ3v) is 4.37. The maximum atomic E-state index is 13.1. The van der Waals surface area contributed by atoms with Crippen molar-refractivity contribution in [3.8, 4) is 0 Å². The minimum Gasteiger partial charge on any atom is -0.293 e. The predicted octanol–water partition coefficient (Wildman–Crippen LogP) is 4.55. The molecule has 0 aromatic heterocycles. The molecule has 0 fully saturated rings. The number of ketones is 1. The molecule has 0 aliphatic rings. The molecule has 1 nitrogen and oxygen atoms in total. The van der Waals surface area contributed by atoms with Gasteiger partial charge in [-0.2, -0.15) is 0 Å². The van der Waals surface area contributed by atoms with Gasteiger partial charge in [0.15, 0.2) is 5.78 Å². The molecule has 0 heterocycles. The first kappa shape index (κ1) is 17.0. The first-order valence-electron chi connectivity index (χ1n) is 8.33.